The Hall–Kier alpha value is -3.80. The number of carbonyl (C=O) groups excluding carboxylic acids is 1. The Labute approximate surface area is 166 Å². The van der Waals surface area contributed by atoms with Crippen LogP contribution < -0.4 is 10.1 Å². The number of carbonyl (C=O) groups is 1. The van der Waals surface area contributed by atoms with E-state index in [2.05, 4.69) is 10.3 Å². The number of aromatic amines is 1. The number of fused-ring (bicyclic) bond motifs is 1. The Morgan fingerprint density at radius 3 is 2.66 bits per heavy atom. The minimum Gasteiger partial charge on any atom is -0.508 e. The number of amides is 1. The second kappa shape index (κ2) is 8.06. The van der Waals surface area contributed by atoms with Crippen LogP contribution in [0, 0.1) is 5.82 Å². The Balaban J connectivity index is 1.41. The lowest BCUT2D eigenvalue weighted by Crippen LogP contribution is -2.23. The summed E-state index contributed by atoms with van der Waals surface area (Å²) in [6.45, 7) is 0.584. The lowest BCUT2D eigenvalue weighted by atomic mass is 10.2. The third kappa shape index (κ3) is 4.55. The van der Waals surface area contributed by atoms with Crippen molar-refractivity contribution in [3.8, 4) is 11.5 Å². The molecule has 3 aromatic carbocycles. The summed E-state index contributed by atoms with van der Waals surface area (Å²) in [5.41, 5.74) is 2.74. The van der Waals surface area contributed by atoms with Crippen molar-refractivity contribution in [2.45, 2.75) is 13.2 Å². The molecule has 1 heterocycles. The number of phenols is 1. The highest BCUT2D eigenvalue weighted by molar-refractivity contribution is 5.97. The maximum atomic E-state index is 13.3. The van der Waals surface area contributed by atoms with E-state index in [0.717, 1.165) is 5.56 Å². The number of hydrogen-bond donors (Lipinski definition) is 3. The molecule has 146 valence electrons. The SMILES string of the molecule is O=C(NCc1cc(O)cc(OCc2ccccc2)c1)c1cc2cc(F)ccc2[nH]1. The summed E-state index contributed by atoms with van der Waals surface area (Å²) in [4.78, 5) is 15.4. The van der Waals surface area contributed by atoms with Gasteiger partial charge in [-0.3, -0.25) is 4.79 Å². The van der Waals surface area contributed by atoms with Crippen molar-refractivity contribution in [1.82, 2.24) is 10.3 Å². The van der Waals surface area contributed by atoms with Crippen LogP contribution in [0.15, 0.2) is 72.8 Å². The molecule has 0 radical (unpaired) electrons. The Bertz CT molecular complexity index is 1160. The van der Waals surface area contributed by atoms with Crippen LogP contribution in [0.25, 0.3) is 10.9 Å². The molecule has 0 saturated heterocycles. The van der Waals surface area contributed by atoms with Gasteiger partial charge in [0.25, 0.3) is 5.91 Å². The number of aromatic nitrogens is 1. The van der Waals surface area contributed by atoms with Gasteiger partial charge in [-0.2, -0.15) is 0 Å². The summed E-state index contributed by atoms with van der Waals surface area (Å²) in [7, 11) is 0. The van der Waals surface area contributed by atoms with Gasteiger partial charge < -0.3 is 20.1 Å². The fraction of sp³-hybridized carbons (Fsp3) is 0.0870. The number of phenolic OH excluding ortho intramolecular Hbond substituents is 1. The summed E-state index contributed by atoms with van der Waals surface area (Å²) in [5, 5.41) is 13.4. The fourth-order valence-corrected chi connectivity index (χ4v) is 3.07. The van der Waals surface area contributed by atoms with Crippen molar-refractivity contribution in [3.05, 3.63) is 95.4 Å². The highest BCUT2D eigenvalue weighted by atomic mass is 19.1. The molecule has 0 fully saturated rings. The highest BCUT2D eigenvalue weighted by Gasteiger charge is 2.11. The van der Waals surface area contributed by atoms with Crippen LogP contribution in [0.1, 0.15) is 21.6 Å². The fourth-order valence-electron chi connectivity index (χ4n) is 3.07. The number of halogens is 1. The van der Waals surface area contributed by atoms with E-state index in [-0.39, 0.29) is 24.0 Å². The summed E-state index contributed by atoms with van der Waals surface area (Å²) >= 11 is 0. The molecule has 6 heteroatoms. The van der Waals surface area contributed by atoms with Gasteiger partial charge in [-0.15, -0.1) is 0 Å². The van der Waals surface area contributed by atoms with Crippen molar-refractivity contribution in [2.24, 2.45) is 0 Å². The quantitative estimate of drug-likeness (QED) is 0.453. The van der Waals surface area contributed by atoms with Gasteiger partial charge >= 0.3 is 0 Å². The topological polar surface area (TPSA) is 74.3 Å². The Morgan fingerprint density at radius 1 is 1.00 bits per heavy atom. The Morgan fingerprint density at radius 2 is 1.83 bits per heavy atom. The normalized spacial score (nSPS) is 10.8. The number of rotatable bonds is 6. The van der Waals surface area contributed by atoms with E-state index < -0.39 is 0 Å². The minimum atomic E-state index is -0.355. The molecule has 0 aliphatic heterocycles. The first-order valence-electron chi connectivity index (χ1n) is 9.13. The van der Waals surface area contributed by atoms with E-state index in [1.54, 1.807) is 24.3 Å². The zero-order chi connectivity index (χ0) is 20.2. The first-order chi connectivity index (χ1) is 14.1. The predicted octanol–water partition coefficient (Wildman–Crippen LogP) is 4.52. The van der Waals surface area contributed by atoms with Crippen molar-refractivity contribution in [1.29, 1.82) is 0 Å². The van der Waals surface area contributed by atoms with Crippen LogP contribution in [0.2, 0.25) is 0 Å². The van der Waals surface area contributed by atoms with Crippen LogP contribution in [-0.4, -0.2) is 16.0 Å². The first-order valence-corrected chi connectivity index (χ1v) is 9.13. The maximum Gasteiger partial charge on any atom is 0.267 e. The van der Waals surface area contributed by atoms with Crippen LogP contribution in [0.5, 0.6) is 11.5 Å². The van der Waals surface area contributed by atoms with E-state index in [9.17, 15) is 14.3 Å². The van der Waals surface area contributed by atoms with E-state index in [1.165, 1.54) is 18.2 Å². The molecule has 29 heavy (non-hydrogen) atoms. The molecule has 0 saturated carbocycles. The van der Waals surface area contributed by atoms with Crippen LogP contribution >= 0.6 is 0 Å². The van der Waals surface area contributed by atoms with Gasteiger partial charge in [-0.05, 0) is 47.5 Å². The van der Waals surface area contributed by atoms with Crippen LogP contribution in [0.4, 0.5) is 4.39 Å². The molecule has 0 aliphatic rings. The summed E-state index contributed by atoms with van der Waals surface area (Å²) in [6.07, 6.45) is 0. The van der Waals surface area contributed by atoms with Crippen molar-refractivity contribution in [2.75, 3.05) is 0 Å². The largest absolute Gasteiger partial charge is 0.508 e. The zero-order valence-electron chi connectivity index (χ0n) is 15.5. The average Bonchev–Trinajstić information content (AvgIpc) is 3.14. The maximum absolute atomic E-state index is 13.3. The lowest BCUT2D eigenvalue weighted by molar-refractivity contribution is 0.0946. The third-order valence-electron chi connectivity index (χ3n) is 4.48. The van der Waals surface area contributed by atoms with Gasteiger partial charge in [0.2, 0.25) is 0 Å². The monoisotopic (exact) mass is 390 g/mol. The van der Waals surface area contributed by atoms with Gasteiger partial charge in [0.15, 0.2) is 0 Å². The average molecular weight is 390 g/mol. The number of H-pyrrole nitrogens is 1. The molecule has 0 spiro atoms. The number of hydrogen-bond acceptors (Lipinski definition) is 3. The van der Waals surface area contributed by atoms with Crippen LogP contribution in [-0.2, 0) is 13.2 Å². The van der Waals surface area contributed by atoms with Gasteiger partial charge in [0, 0.05) is 23.5 Å². The first kappa shape index (κ1) is 18.6. The van der Waals surface area contributed by atoms with Gasteiger partial charge in [-0.1, -0.05) is 30.3 Å². The van der Waals surface area contributed by atoms with E-state index in [4.69, 9.17) is 4.74 Å². The smallest absolute Gasteiger partial charge is 0.267 e. The van der Waals surface area contributed by atoms with Crippen molar-refractivity contribution >= 4 is 16.8 Å². The van der Waals surface area contributed by atoms with Crippen molar-refractivity contribution < 1.29 is 19.0 Å². The molecule has 0 bridgehead atoms. The standard InChI is InChI=1S/C23H19FN2O3/c24-18-6-7-21-17(10-18)11-22(26-21)23(28)25-13-16-8-19(27)12-20(9-16)29-14-15-4-2-1-3-5-15/h1-12,26-27H,13-14H2,(H,25,28). The molecule has 0 aliphatic carbocycles. The molecule has 4 rings (SSSR count). The molecular formula is C23H19FN2O3. The summed E-state index contributed by atoms with van der Waals surface area (Å²) in [6, 6.07) is 20.5. The lowest BCUT2D eigenvalue weighted by Gasteiger charge is -2.10. The molecule has 4 aromatic rings. The number of benzene rings is 3. The third-order valence-corrected chi connectivity index (χ3v) is 4.48. The minimum absolute atomic E-state index is 0.0564. The van der Waals surface area contributed by atoms with Crippen molar-refractivity contribution in [3.63, 3.8) is 0 Å². The Kier molecular flexibility index (Phi) is 5.16. The summed E-state index contributed by atoms with van der Waals surface area (Å²) in [5.74, 6) is -0.108. The molecule has 0 unspecified atom stereocenters. The molecule has 5 nitrogen and oxygen atoms in total. The number of aromatic hydroxyl groups is 1. The van der Waals surface area contributed by atoms with Gasteiger partial charge in [0.1, 0.15) is 29.6 Å². The summed E-state index contributed by atoms with van der Waals surface area (Å²) < 4.78 is 19.1. The molecule has 3 N–H and O–H groups in total. The number of nitrogens with one attached hydrogen (secondary N) is 2. The van der Waals surface area contributed by atoms with E-state index in [0.29, 0.717) is 34.5 Å². The second-order valence-electron chi connectivity index (χ2n) is 6.71. The van der Waals surface area contributed by atoms with E-state index in [1.807, 2.05) is 30.3 Å². The van der Waals surface area contributed by atoms with E-state index >= 15 is 0 Å². The molecule has 1 amide bonds. The zero-order valence-corrected chi connectivity index (χ0v) is 15.5. The molecule has 1 aromatic heterocycles. The second-order valence-corrected chi connectivity index (χ2v) is 6.71. The molecule has 0 atom stereocenters. The number of ether oxygens (including phenoxy) is 1. The van der Waals surface area contributed by atoms with Crippen LogP contribution in [0.3, 0.4) is 0 Å². The predicted molar refractivity (Wildman–Crippen MR) is 108 cm³/mol. The van der Waals surface area contributed by atoms with Gasteiger partial charge in [0.05, 0.1) is 0 Å². The van der Waals surface area contributed by atoms with Gasteiger partial charge in [-0.25, -0.2) is 4.39 Å². The molecular weight excluding hydrogens is 371 g/mol. The highest BCUT2D eigenvalue weighted by Crippen LogP contribution is 2.23.